The highest BCUT2D eigenvalue weighted by Crippen LogP contribution is 2.19. The van der Waals surface area contributed by atoms with Crippen LogP contribution in [-0.4, -0.2) is 21.5 Å². The smallest absolute Gasteiger partial charge is 0.340 e. The molecule has 1 aromatic heterocycles. The Morgan fingerprint density at radius 3 is 2.53 bits per heavy atom. The van der Waals surface area contributed by atoms with Crippen LogP contribution in [0.5, 0.6) is 0 Å². The van der Waals surface area contributed by atoms with Gasteiger partial charge in [0.1, 0.15) is 16.9 Å². The van der Waals surface area contributed by atoms with Gasteiger partial charge < -0.3 is 9.72 Å². The minimum atomic E-state index is -0.495. The van der Waals surface area contributed by atoms with Gasteiger partial charge in [0.25, 0.3) is 0 Å². The highest BCUT2D eigenvalue weighted by atomic mass is 16.6. The number of nitrogens with one attached hydrogen (secondary N) is 1. The lowest BCUT2D eigenvalue weighted by Crippen LogP contribution is -2.24. The first-order chi connectivity index (χ1) is 8.87. The topological polar surface area (TPSA) is 107 Å². The molecule has 0 radical (unpaired) electrons. The number of carbonyl (C=O) groups is 1. The van der Waals surface area contributed by atoms with Crippen LogP contribution in [0.2, 0.25) is 0 Å². The molecule has 0 bridgehead atoms. The number of nitrogens with two attached hydrogens (primary N) is 2. The molecular weight excluding hydrogens is 244 g/mol. The van der Waals surface area contributed by atoms with E-state index in [9.17, 15) is 4.79 Å². The molecule has 0 saturated heterocycles. The molecular formula is C13H20N4O2. The van der Waals surface area contributed by atoms with Crippen LogP contribution >= 0.6 is 0 Å². The number of para-hydroxylation sites is 1. The molecule has 0 amide bonds. The van der Waals surface area contributed by atoms with Crippen LogP contribution in [0.4, 0.5) is 0 Å². The molecule has 6 heteroatoms. The van der Waals surface area contributed by atoms with Crippen molar-refractivity contribution >= 4 is 17.0 Å². The van der Waals surface area contributed by atoms with Gasteiger partial charge in [0.2, 0.25) is 0 Å². The monoisotopic (exact) mass is 264 g/mol. The Morgan fingerprint density at radius 2 is 1.95 bits per heavy atom. The fourth-order valence-electron chi connectivity index (χ4n) is 1.65. The van der Waals surface area contributed by atoms with Gasteiger partial charge in [0.05, 0.1) is 11.1 Å². The van der Waals surface area contributed by atoms with Crippen molar-refractivity contribution in [3.8, 4) is 0 Å². The highest BCUT2D eigenvalue weighted by Gasteiger charge is 2.20. The highest BCUT2D eigenvalue weighted by molar-refractivity contribution is 6.02. The third kappa shape index (κ3) is 3.77. The van der Waals surface area contributed by atoms with E-state index >= 15 is 0 Å². The standard InChI is InChI=1S/C13H16N2O2.H4N2/c1-8-14-10-7-5-6-9(11(10)15-8)12(16)17-13(2,3)4;1-2/h5-7H,1-4H3,(H,14,15);1-2H2. The largest absolute Gasteiger partial charge is 0.456 e. The predicted molar refractivity (Wildman–Crippen MR) is 74.4 cm³/mol. The Morgan fingerprint density at radius 1 is 1.32 bits per heavy atom. The van der Waals surface area contributed by atoms with Gasteiger partial charge in [-0.3, -0.25) is 11.7 Å². The van der Waals surface area contributed by atoms with Crippen molar-refractivity contribution in [1.29, 1.82) is 0 Å². The molecule has 1 aromatic carbocycles. The van der Waals surface area contributed by atoms with E-state index in [1.54, 1.807) is 6.07 Å². The van der Waals surface area contributed by atoms with Gasteiger partial charge in [-0.25, -0.2) is 9.78 Å². The summed E-state index contributed by atoms with van der Waals surface area (Å²) in [5.74, 6) is 8.45. The molecule has 104 valence electrons. The number of fused-ring (bicyclic) bond motifs is 1. The molecule has 0 aliphatic rings. The Hall–Kier alpha value is -1.92. The van der Waals surface area contributed by atoms with E-state index in [2.05, 4.69) is 21.7 Å². The Bertz CT molecular complexity index is 570. The molecule has 2 aromatic rings. The van der Waals surface area contributed by atoms with E-state index in [0.29, 0.717) is 11.1 Å². The van der Waals surface area contributed by atoms with Gasteiger partial charge in [0.15, 0.2) is 0 Å². The number of imidazole rings is 1. The van der Waals surface area contributed by atoms with Crippen LogP contribution in [-0.2, 0) is 4.74 Å². The van der Waals surface area contributed by atoms with Crippen molar-refractivity contribution in [2.75, 3.05) is 0 Å². The Kier molecular flexibility index (Phi) is 4.63. The summed E-state index contributed by atoms with van der Waals surface area (Å²) < 4.78 is 5.35. The zero-order valence-electron chi connectivity index (χ0n) is 11.7. The quantitative estimate of drug-likeness (QED) is 0.412. The number of benzene rings is 1. The van der Waals surface area contributed by atoms with Gasteiger partial charge >= 0.3 is 5.97 Å². The first-order valence-electron chi connectivity index (χ1n) is 5.89. The maximum Gasteiger partial charge on any atom is 0.340 e. The number of esters is 1. The van der Waals surface area contributed by atoms with E-state index in [0.717, 1.165) is 11.3 Å². The number of carbonyl (C=O) groups excluding carboxylic acids is 1. The van der Waals surface area contributed by atoms with E-state index in [-0.39, 0.29) is 5.97 Å². The lowest BCUT2D eigenvalue weighted by atomic mass is 10.1. The molecule has 0 unspecified atom stereocenters. The second kappa shape index (κ2) is 5.81. The van der Waals surface area contributed by atoms with Gasteiger partial charge in [0, 0.05) is 0 Å². The lowest BCUT2D eigenvalue weighted by Gasteiger charge is -2.19. The maximum absolute atomic E-state index is 12.0. The molecule has 0 aliphatic carbocycles. The van der Waals surface area contributed by atoms with Crippen LogP contribution in [0, 0.1) is 6.92 Å². The summed E-state index contributed by atoms with van der Waals surface area (Å²) in [6, 6.07) is 5.44. The second-order valence-corrected chi connectivity index (χ2v) is 5.03. The van der Waals surface area contributed by atoms with Crippen molar-refractivity contribution < 1.29 is 9.53 Å². The molecule has 1 heterocycles. The van der Waals surface area contributed by atoms with Crippen LogP contribution in [0.3, 0.4) is 0 Å². The van der Waals surface area contributed by atoms with E-state index in [1.165, 1.54) is 0 Å². The van der Waals surface area contributed by atoms with Crippen molar-refractivity contribution in [3.05, 3.63) is 29.6 Å². The van der Waals surface area contributed by atoms with Gasteiger partial charge in [-0.05, 0) is 39.8 Å². The number of aryl methyl sites for hydroxylation is 1. The van der Waals surface area contributed by atoms with Gasteiger partial charge in [-0.2, -0.15) is 0 Å². The molecule has 0 fully saturated rings. The lowest BCUT2D eigenvalue weighted by molar-refractivity contribution is 0.00717. The Balaban J connectivity index is 0.000000861. The maximum atomic E-state index is 12.0. The summed E-state index contributed by atoms with van der Waals surface area (Å²) in [5.41, 5.74) is 1.52. The van der Waals surface area contributed by atoms with E-state index < -0.39 is 5.60 Å². The van der Waals surface area contributed by atoms with Crippen molar-refractivity contribution in [2.24, 2.45) is 11.7 Å². The molecule has 2 rings (SSSR count). The van der Waals surface area contributed by atoms with Crippen molar-refractivity contribution in [2.45, 2.75) is 33.3 Å². The number of aromatic nitrogens is 2. The zero-order chi connectivity index (χ0) is 14.6. The summed E-state index contributed by atoms with van der Waals surface area (Å²) in [7, 11) is 0. The van der Waals surface area contributed by atoms with Gasteiger partial charge in [-0.15, -0.1) is 0 Å². The summed E-state index contributed by atoms with van der Waals surface area (Å²) in [6.07, 6.45) is 0. The number of H-pyrrole nitrogens is 1. The predicted octanol–water partition coefficient (Wildman–Crippen LogP) is 1.65. The summed E-state index contributed by atoms with van der Waals surface area (Å²) in [5, 5.41) is 0. The summed E-state index contributed by atoms with van der Waals surface area (Å²) in [4.78, 5) is 19.4. The number of hydrogen-bond acceptors (Lipinski definition) is 5. The fraction of sp³-hybridized carbons (Fsp3) is 0.385. The normalized spacial score (nSPS) is 10.8. The van der Waals surface area contributed by atoms with Crippen molar-refractivity contribution in [3.63, 3.8) is 0 Å². The Labute approximate surface area is 112 Å². The van der Waals surface area contributed by atoms with Crippen LogP contribution in [0.1, 0.15) is 37.0 Å². The minimum absolute atomic E-state index is 0.338. The van der Waals surface area contributed by atoms with E-state index in [4.69, 9.17) is 4.74 Å². The second-order valence-electron chi connectivity index (χ2n) is 5.03. The van der Waals surface area contributed by atoms with E-state index in [1.807, 2.05) is 39.8 Å². The average molecular weight is 264 g/mol. The zero-order valence-corrected chi connectivity index (χ0v) is 11.7. The number of rotatable bonds is 1. The molecule has 6 nitrogen and oxygen atoms in total. The van der Waals surface area contributed by atoms with Crippen LogP contribution < -0.4 is 11.7 Å². The SMILES string of the molecule is Cc1nc2c(C(=O)OC(C)(C)C)cccc2[nH]1.NN. The number of aromatic amines is 1. The summed E-state index contributed by atoms with van der Waals surface area (Å²) >= 11 is 0. The summed E-state index contributed by atoms with van der Waals surface area (Å²) in [6.45, 7) is 7.40. The number of hydrogen-bond donors (Lipinski definition) is 3. The van der Waals surface area contributed by atoms with Crippen LogP contribution in [0.15, 0.2) is 18.2 Å². The molecule has 0 atom stereocenters. The molecule has 0 aliphatic heterocycles. The first kappa shape index (κ1) is 15.1. The third-order valence-electron chi connectivity index (χ3n) is 2.25. The third-order valence-corrected chi connectivity index (χ3v) is 2.25. The first-order valence-corrected chi connectivity index (χ1v) is 5.89. The van der Waals surface area contributed by atoms with Crippen LogP contribution in [0.25, 0.3) is 11.0 Å². The van der Waals surface area contributed by atoms with Gasteiger partial charge in [-0.1, -0.05) is 6.07 Å². The average Bonchev–Trinajstić information content (AvgIpc) is 2.69. The molecule has 0 saturated carbocycles. The fourth-order valence-corrected chi connectivity index (χ4v) is 1.65. The minimum Gasteiger partial charge on any atom is -0.456 e. The number of nitrogens with zero attached hydrogens (tertiary/aromatic N) is 1. The molecule has 5 N–H and O–H groups in total. The number of ether oxygens (including phenoxy) is 1. The molecule has 19 heavy (non-hydrogen) atoms. The molecule has 0 spiro atoms. The van der Waals surface area contributed by atoms with Crippen molar-refractivity contribution in [1.82, 2.24) is 9.97 Å². The number of hydrazine groups is 1.